The molecule has 20 heavy (non-hydrogen) atoms. The minimum absolute atomic E-state index is 0. The van der Waals surface area contributed by atoms with Crippen LogP contribution in [0.4, 0.5) is 5.69 Å². The number of ether oxygens (including phenoxy) is 1. The van der Waals surface area contributed by atoms with Crippen molar-refractivity contribution in [3.05, 3.63) is 23.8 Å². The van der Waals surface area contributed by atoms with Gasteiger partial charge in [0.2, 0.25) is 0 Å². The summed E-state index contributed by atoms with van der Waals surface area (Å²) < 4.78 is 4.57. The maximum atomic E-state index is 11.2. The van der Waals surface area contributed by atoms with Crippen molar-refractivity contribution in [3.63, 3.8) is 0 Å². The van der Waals surface area contributed by atoms with Gasteiger partial charge in [-0.25, -0.2) is 0 Å². The van der Waals surface area contributed by atoms with Gasteiger partial charge in [-0.2, -0.15) is 0 Å². The number of aromatic hydroxyl groups is 1. The van der Waals surface area contributed by atoms with E-state index in [1.54, 1.807) is 12.1 Å². The van der Waals surface area contributed by atoms with Gasteiger partial charge in [-0.1, -0.05) is 6.07 Å². The molecular formula is C14H23ClN2O3. The molecule has 0 bridgehead atoms. The maximum absolute atomic E-state index is 11.2. The number of benzene rings is 1. The van der Waals surface area contributed by atoms with Crippen molar-refractivity contribution in [1.82, 2.24) is 0 Å². The molecule has 0 spiro atoms. The number of nitrogens with two attached hydrogens (primary N) is 1. The van der Waals surface area contributed by atoms with Crippen LogP contribution in [-0.2, 0) is 9.53 Å². The Morgan fingerprint density at radius 3 is 2.45 bits per heavy atom. The molecule has 1 aromatic rings. The van der Waals surface area contributed by atoms with Crippen LogP contribution in [0.3, 0.4) is 0 Å². The predicted molar refractivity (Wildman–Crippen MR) is 82.5 cm³/mol. The molecule has 0 aliphatic rings. The predicted octanol–water partition coefficient (Wildman–Crippen LogP) is 2.22. The second-order valence-corrected chi connectivity index (χ2v) is 4.30. The van der Waals surface area contributed by atoms with Crippen molar-refractivity contribution in [2.24, 2.45) is 5.73 Å². The Morgan fingerprint density at radius 2 is 2.00 bits per heavy atom. The molecule has 0 heterocycles. The minimum Gasteiger partial charge on any atom is -0.508 e. The zero-order chi connectivity index (χ0) is 14.4. The highest BCUT2D eigenvalue weighted by molar-refractivity contribution is 5.85. The maximum Gasteiger partial charge on any atom is 0.307 e. The first-order valence-corrected chi connectivity index (χ1v) is 6.43. The molecule has 0 amide bonds. The zero-order valence-corrected chi connectivity index (χ0v) is 12.9. The molecule has 1 rings (SSSR count). The number of phenolic OH excluding ortho intramolecular Hbond substituents is 1. The summed E-state index contributed by atoms with van der Waals surface area (Å²) in [4.78, 5) is 13.3. The minimum atomic E-state index is -0.557. The first-order chi connectivity index (χ1) is 9.03. The molecule has 0 radical (unpaired) electrons. The monoisotopic (exact) mass is 302 g/mol. The van der Waals surface area contributed by atoms with Gasteiger partial charge in [-0.3, -0.25) is 4.79 Å². The number of phenols is 1. The summed E-state index contributed by atoms with van der Waals surface area (Å²) in [6, 6.07) is 4.79. The molecular weight excluding hydrogens is 280 g/mol. The molecule has 0 saturated carbocycles. The number of carbonyl (C=O) groups is 1. The van der Waals surface area contributed by atoms with Crippen LogP contribution >= 0.6 is 12.4 Å². The second-order valence-electron chi connectivity index (χ2n) is 4.30. The number of carbonyl (C=O) groups excluding carboxylic acids is 1. The van der Waals surface area contributed by atoms with Crippen LogP contribution in [0.25, 0.3) is 0 Å². The van der Waals surface area contributed by atoms with Gasteiger partial charge < -0.3 is 20.5 Å². The Labute approximate surface area is 126 Å². The van der Waals surface area contributed by atoms with E-state index in [9.17, 15) is 9.90 Å². The van der Waals surface area contributed by atoms with Gasteiger partial charge in [-0.15, -0.1) is 12.4 Å². The number of esters is 1. The molecule has 0 saturated heterocycles. The quantitative estimate of drug-likeness (QED) is 0.788. The van der Waals surface area contributed by atoms with E-state index >= 15 is 0 Å². The van der Waals surface area contributed by atoms with Crippen LogP contribution in [0.15, 0.2) is 18.2 Å². The number of methoxy groups -OCH3 is 1. The largest absolute Gasteiger partial charge is 0.508 e. The summed E-state index contributed by atoms with van der Waals surface area (Å²) in [6.07, 6.45) is 0.0503. The Bertz CT molecular complexity index is 436. The Morgan fingerprint density at radius 1 is 1.40 bits per heavy atom. The van der Waals surface area contributed by atoms with Crippen molar-refractivity contribution in [3.8, 4) is 5.75 Å². The Hall–Kier alpha value is -1.46. The normalized spacial score (nSPS) is 11.4. The molecule has 3 N–H and O–H groups in total. The van der Waals surface area contributed by atoms with Crippen LogP contribution in [-0.4, -0.2) is 31.3 Å². The fraction of sp³-hybridized carbons (Fsp3) is 0.500. The lowest BCUT2D eigenvalue weighted by Gasteiger charge is -2.22. The standard InChI is InChI=1S/C14H22N2O3.ClH/c1-4-16(5-2)10-6-7-11(13(17)8-10)12(15)9-14(18)19-3;/h6-8,12,17H,4-5,9,15H2,1-3H3;1H/t12-;/m0./s1. The van der Waals surface area contributed by atoms with E-state index < -0.39 is 6.04 Å². The number of anilines is 1. The second kappa shape index (κ2) is 8.66. The molecule has 5 nitrogen and oxygen atoms in total. The lowest BCUT2D eigenvalue weighted by molar-refractivity contribution is -0.141. The van der Waals surface area contributed by atoms with E-state index in [0.717, 1.165) is 18.8 Å². The third-order valence-corrected chi connectivity index (χ3v) is 3.16. The average Bonchev–Trinajstić information content (AvgIpc) is 2.40. The number of hydrogen-bond acceptors (Lipinski definition) is 5. The smallest absolute Gasteiger partial charge is 0.307 e. The Balaban J connectivity index is 0.00000361. The van der Waals surface area contributed by atoms with Crippen molar-refractivity contribution >= 4 is 24.1 Å². The van der Waals surface area contributed by atoms with Gasteiger partial charge in [0.15, 0.2) is 0 Å². The molecule has 1 aromatic carbocycles. The summed E-state index contributed by atoms with van der Waals surface area (Å²) in [5.74, 6) is -0.277. The Kier molecular flexibility index (Phi) is 8.03. The van der Waals surface area contributed by atoms with Gasteiger partial charge in [0.1, 0.15) is 5.75 Å². The van der Waals surface area contributed by atoms with Crippen LogP contribution in [0.5, 0.6) is 5.75 Å². The molecule has 6 heteroatoms. The van der Waals surface area contributed by atoms with E-state index in [2.05, 4.69) is 23.5 Å². The zero-order valence-electron chi connectivity index (χ0n) is 12.1. The third-order valence-electron chi connectivity index (χ3n) is 3.16. The van der Waals surface area contributed by atoms with Crippen LogP contribution in [0.2, 0.25) is 0 Å². The topological polar surface area (TPSA) is 75.8 Å². The van der Waals surface area contributed by atoms with Crippen molar-refractivity contribution in [2.75, 3.05) is 25.1 Å². The van der Waals surface area contributed by atoms with Crippen LogP contribution in [0, 0.1) is 0 Å². The van der Waals surface area contributed by atoms with Crippen LogP contribution < -0.4 is 10.6 Å². The highest BCUT2D eigenvalue weighted by Gasteiger charge is 2.16. The van der Waals surface area contributed by atoms with E-state index in [-0.39, 0.29) is 30.5 Å². The average molecular weight is 303 g/mol. The van der Waals surface area contributed by atoms with Gasteiger partial charge in [0.05, 0.1) is 13.5 Å². The lowest BCUT2D eigenvalue weighted by atomic mass is 10.0. The first kappa shape index (κ1) is 18.5. The molecule has 114 valence electrons. The molecule has 1 atom stereocenters. The highest BCUT2D eigenvalue weighted by Crippen LogP contribution is 2.29. The highest BCUT2D eigenvalue weighted by atomic mass is 35.5. The fourth-order valence-electron chi connectivity index (χ4n) is 2.00. The number of rotatable bonds is 6. The van der Waals surface area contributed by atoms with Gasteiger partial charge in [0, 0.05) is 36.4 Å². The molecule has 0 aromatic heterocycles. The van der Waals surface area contributed by atoms with E-state index in [1.165, 1.54) is 7.11 Å². The number of hydrogen-bond donors (Lipinski definition) is 2. The van der Waals surface area contributed by atoms with Crippen molar-refractivity contribution in [1.29, 1.82) is 0 Å². The van der Waals surface area contributed by atoms with Crippen LogP contribution in [0.1, 0.15) is 31.9 Å². The number of nitrogens with zero attached hydrogens (tertiary/aromatic N) is 1. The third kappa shape index (κ3) is 4.58. The summed E-state index contributed by atoms with van der Waals surface area (Å²) in [7, 11) is 1.32. The fourth-order valence-corrected chi connectivity index (χ4v) is 2.00. The lowest BCUT2D eigenvalue weighted by Crippen LogP contribution is -2.22. The van der Waals surface area contributed by atoms with Gasteiger partial charge in [0.25, 0.3) is 0 Å². The molecule has 0 fully saturated rings. The van der Waals surface area contributed by atoms with Crippen molar-refractivity contribution < 1.29 is 14.6 Å². The summed E-state index contributed by atoms with van der Waals surface area (Å²) in [6.45, 7) is 5.84. The SMILES string of the molecule is CCN(CC)c1ccc([C@@H](N)CC(=O)OC)c(O)c1.Cl. The molecule has 0 aliphatic carbocycles. The summed E-state index contributed by atoms with van der Waals surface area (Å²) in [5, 5.41) is 10.0. The summed E-state index contributed by atoms with van der Waals surface area (Å²) in [5.41, 5.74) is 7.39. The first-order valence-electron chi connectivity index (χ1n) is 6.43. The summed E-state index contributed by atoms with van der Waals surface area (Å²) >= 11 is 0. The van der Waals surface area contributed by atoms with E-state index in [4.69, 9.17) is 5.73 Å². The van der Waals surface area contributed by atoms with Crippen molar-refractivity contribution in [2.45, 2.75) is 26.3 Å². The number of halogens is 1. The molecule has 0 aliphatic heterocycles. The van der Waals surface area contributed by atoms with E-state index in [1.807, 2.05) is 6.07 Å². The van der Waals surface area contributed by atoms with E-state index in [0.29, 0.717) is 5.56 Å². The van der Waals surface area contributed by atoms with Gasteiger partial charge >= 0.3 is 5.97 Å². The molecule has 0 unspecified atom stereocenters. The van der Waals surface area contributed by atoms with Gasteiger partial charge in [-0.05, 0) is 19.9 Å².